The second-order valence-electron chi connectivity index (χ2n) is 7.36. The van der Waals surface area contributed by atoms with Crippen LogP contribution in [0.5, 0.6) is 0 Å². The van der Waals surface area contributed by atoms with Gasteiger partial charge in [-0.25, -0.2) is 4.79 Å². The fourth-order valence-corrected chi connectivity index (χ4v) is 3.81. The van der Waals surface area contributed by atoms with Crippen molar-refractivity contribution in [2.45, 2.75) is 64.6 Å². The molecule has 1 saturated carbocycles. The van der Waals surface area contributed by atoms with Crippen LogP contribution in [0.4, 0.5) is 4.79 Å². The van der Waals surface area contributed by atoms with Gasteiger partial charge in [-0.3, -0.25) is 0 Å². The zero-order valence-corrected chi connectivity index (χ0v) is 15.0. The molecule has 2 amide bonds. The number of aryl methyl sites for hydroxylation is 1. The van der Waals surface area contributed by atoms with E-state index >= 15 is 0 Å². The normalized spacial score (nSPS) is 33.7. The molecule has 1 saturated heterocycles. The second kappa shape index (κ2) is 7.09. The van der Waals surface area contributed by atoms with Crippen molar-refractivity contribution in [3.05, 3.63) is 11.7 Å². The Labute approximate surface area is 143 Å². The van der Waals surface area contributed by atoms with Crippen LogP contribution in [0.3, 0.4) is 0 Å². The third-order valence-corrected chi connectivity index (χ3v) is 5.61. The fourth-order valence-electron chi connectivity index (χ4n) is 3.81. The molecule has 1 aromatic rings. The van der Waals surface area contributed by atoms with Crippen molar-refractivity contribution in [3.63, 3.8) is 0 Å². The number of hydrogen-bond acceptors (Lipinski definition) is 5. The van der Waals surface area contributed by atoms with E-state index in [1.165, 1.54) is 6.42 Å². The summed E-state index contributed by atoms with van der Waals surface area (Å²) in [6.07, 6.45) is 3.93. The summed E-state index contributed by atoms with van der Waals surface area (Å²) in [5.41, 5.74) is 0. The van der Waals surface area contributed by atoms with Gasteiger partial charge in [0.25, 0.3) is 0 Å². The minimum Gasteiger partial charge on any atom is -0.380 e. The van der Waals surface area contributed by atoms with Crippen LogP contribution in [-0.4, -0.2) is 46.9 Å². The molecule has 2 aliphatic rings. The van der Waals surface area contributed by atoms with Crippen molar-refractivity contribution in [3.8, 4) is 0 Å². The van der Waals surface area contributed by atoms with E-state index < -0.39 is 0 Å². The molecule has 2 heterocycles. The van der Waals surface area contributed by atoms with Gasteiger partial charge in [-0.1, -0.05) is 19.0 Å². The van der Waals surface area contributed by atoms with Gasteiger partial charge in [0.2, 0.25) is 5.89 Å². The first-order valence-electron chi connectivity index (χ1n) is 8.88. The predicted molar refractivity (Wildman–Crippen MR) is 88.4 cm³/mol. The van der Waals surface area contributed by atoms with Gasteiger partial charge < -0.3 is 19.5 Å². The maximum Gasteiger partial charge on any atom is 0.318 e. The summed E-state index contributed by atoms with van der Waals surface area (Å²) >= 11 is 0. The van der Waals surface area contributed by atoms with E-state index in [0.29, 0.717) is 30.6 Å². The molecule has 2 fully saturated rings. The molecular formula is C17H28N4O3. The molecule has 24 heavy (non-hydrogen) atoms. The molecule has 0 bridgehead atoms. The highest BCUT2D eigenvalue weighted by Crippen LogP contribution is 2.33. The minimum atomic E-state index is -0.212. The van der Waals surface area contributed by atoms with Crippen molar-refractivity contribution in [1.29, 1.82) is 0 Å². The lowest BCUT2D eigenvalue weighted by atomic mass is 9.79. The smallest absolute Gasteiger partial charge is 0.318 e. The number of hydrogen-bond donors (Lipinski definition) is 1. The zero-order valence-electron chi connectivity index (χ0n) is 15.0. The summed E-state index contributed by atoms with van der Waals surface area (Å²) in [6.45, 7) is 6.89. The van der Waals surface area contributed by atoms with Gasteiger partial charge in [0.1, 0.15) is 6.04 Å². The summed E-state index contributed by atoms with van der Waals surface area (Å²) in [5.74, 6) is 2.45. The predicted octanol–water partition coefficient (Wildman–Crippen LogP) is 2.67. The van der Waals surface area contributed by atoms with Crippen molar-refractivity contribution >= 4 is 6.03 Å². The van der Waals surface area contributed by atoms with Crippen LogP contribution in [-0.2, 0) is 4.74 Å². The molecular weight excluding hydrogens is 308 g/mol. The first-order valence-corrected chi connectivity index (χ1v) is 8.88. The summed E-state index contributed by atoms with van der Waals surface area (Å²) in [6, 6.07) is -0.0198. The molecule has 3 rings (SSSR count). The summed E-state index contributed by atoms with van der Waals surface area (Å²) < 4.78 is 10.8. The lowest BCUT2D eigenvalue weighted by Gasteiger charge is -2.34. The highest BCUT2D eigenvalue weighted by molar-refractivity contribution is 5.75. The molecule has 0 spiro atoms. The molecule has 0 radical (unpaired) electrons. The Balaban J connectivity index is 1.67. The number of carbonyl (C=O) groups is 1. The Kier molecular flexibility index (Phi) is 5.08. The molecule has 1 N–H and O–H groups in total. The van der Waals surface area contributed by atoms with E-state index in [4.69, 9.17) is 9.26 Å². The zero-order chi connectivity index (χ0) is 17.3. The number of urea groups is 1. The highest BCUT2D eigenvalue weighted by atomic mass is 16.5. The van der Waals surface area contributed by atoms with E-state index in [0.717, 1.165) is 18.8 Å². The van der Waals surface area contributed by atoms with Crippen LogP contribution in [0.2, 0.25) is 0 Å². The van der Waals surface area contributed by atoms with Gasteiger partial charge in [-0.15, -0.1) is 0 Å². The van der Waals surface area contributed by atoms with Gasteiger partial charge in [0.05, 0.1) is 6.10 Å². The summed E-state index contributed by atoms with van der Waals surface area (Å²) in [5, 5.41) is 7.06. The average molecular weight is 336 g/mol. The number of rotatable bonds is 3. The topological polar surface area (TPSA) is 80.5 Å². The molecule has 134 valence electrons. The number of likely N-dealkylation sites (tertiary alicyclic amines) is 1. The average Bonchev–Trinajstić information content (AvgIpc) is 3.16. The maximum atomic E-state index is 12.8. The number of methoxy groups -OCH3 is 1. The quantitative estimate of drug-likeness (QED) is 0.918. The largest absolute Gasteiger partial charge is 0.380 e. The van der Waals surface area contributed by atoms with E-state index in [2.05, 4.69) is 29.3 Å². The van der Waals surface area contributed by atoms with Crippen LogP contribution in [0.15, 0.2) is 4.52 Å². The molecule has 7 heteroatoms. The SMILES string of the molecule is CO[C@H]1C[C@H](c2nc(C)no2)N(C(=O)N[C@@H]2CC[C@@H](C)[C@@H](C)C2)C1. The Bertz CT molecular complexity index is 576. The first kappa shape index (κ1) is 17.2. The Morgan fingerprint density at radius 2 is 2.08 bits per heavy atom. The van der Waals surface area contributed by atoms with Crippen LogP contribution in [0.1, 0.15) is 57.3 Å². The van der Waals surface area contributed by atoms with E-state index in [-0.39, 0.29) is 24.2 Å². The number of ether oxygens (including phenoxy) is 1. The van der Waals surface area contributed by atoms with Gasteiger partial charge >= 0.3 is 6.03 Å². The lowest BCUT2D eigenvalue weighted by molar-refractivity contribution is 0.109. The number of aromatic nitrogens is 2. The Hall–Kier alpha value is -1.63. The molecule has 0 aromatic carbocycles. The number of amides is 2. The molecule has 1 aliphatic carbocycles. The maximum absolute atomic E-state index is 12.8. The van der Waals surface area contributed by atoms with Gasteiger partial charge in [-0.05, 0) is 38.0 Å². The van der Waals surface area contributed by atoms with Crippen LogP contribution >= 0.6 is 0 Å². The Morgan fingerprint density at radius 3 is 2.71 bits per heavy atom. The molecule has 1 aliphatic heterocycles. The standard InChI is InChI=1S/C17H28N4O3/c1-10-5-6-13(7-11(10)2)19-17(22)21-9-14(23-4)8-15(21)16-18-12(3)20-24-16/h10-11,13-15H,5-9H2,1-4H3,(H,19,22)/t10-,11+,13-,14+,15-/m1/s1. The van der Waals surface area contributed by atoms with Gasteiger partial charge in [0, 0.05) is 26.1 Å². The van der Waals surface area contributed by atoms with Crippen LogP contribution in [0, 0.1) is 18.8 Å². The lowest BCUT2D eigenvalue weighted by Crippen LogP contribution is -2.47. The first-order chi connectivity index (χ1) is 11.5. The molecule has 0 unspecified atom stereocenters. The van der Waals surface area contributed by atoms with Crippen LogP contribution < -0.4 is 5.32 Å². The Morgan fingerprint density at radius 1 is 1.29 bits per heavy atom. The monoisotopic (exact) mass is 336 g/mol. The molecule has 5 atom stereocenters. The highest BCUT2D eigenvalue weighted by Gasteiger charge is 2.40. The van der Waals surface area contributed by atoms with E-state index in [1.807, 2.05) is 0 Å². The number of nitrogens with zero attached hydrogens (tertiary/aromatic N) is 3. The van der Waals surface area contributed by atoms with Gasteiger partial charge in [-0.2, -0.15) is 4.98 Å². The van der Waals surface area contributed by atoms with Crippen molar-refractivity contribution in [2.75, 3.05) is 13.7 Å². The third-order valence-electron chi connectivity index (χ3n) is 5.61. The molecule has 7 nitrogen and oxygen atoms in total. The van der Waals surface area contributed by atoms with E-state index in [9.17, 15) is 4.79 Å². The van der Waals surface area contributed by atoms with E-state index in [1.54, 1.807) is 18.9 Å². The van der Waals surface area contributed by atoms with Crippen molar-refractivity contribution in [1.82, 2.24) is 20.4 Å². The van der Waals surface area contributed by atoms with Crippen LogP contribution in [0.25, 0.3) is 0 Å². The number of nitrogens with one attached hydrogen (secondary N) is 1. The molecule has 1 aromatic heterocycles. The minimum absolute atomic E-state index is 0.00161. The second-order valence-corrected chi connectivity index (χ2v) is 7.36. The fraction of sp³-hybridized carbons (Fsp3) is 0.824. The van der Waals surface area contributed by atoms with Crippen molar-refractivity contribution in [2.24, 2.45) is 11.8 Å². The third kappa shape index (κ3) is 3.55. The summed E-state index contributed by atoms with van der Waals surface area (Å²) in [7, 11) is 1.67. The van der Waals surface area contributed by atoms with Crippen molar-refractivity contribution < 1.29 is 14.1 Å². The van der Waals surface area contributed by atoms with Gasteiger partial charge in [0.15, 0.2) is 5.82 Å². The number of carbonyl (C=O) groups excluding carboxylic acids is 1. The summed E-state index contributed by atoms with van der Waals surface area (Å²) in [4.78, 5) is 18.9.